The van der Waals surface area contributed by atoms with E-state index in [0.717, 1.165) is 13.0 Å². The largest absolute Gasteiger partial charge is 0.325 e. The molecule has 0 unspecified atom stereocenters. The van der Waals surface area contributed by atoms with E-state index in [0.29, 0.717) is 12.1 Å². The maximum atomic E-state index is 11.5. The highest BCUT2D eigenvalue weighted by atomic mass is 35.5. The smallest absolute Gasteiger partial charge is 0.249 e. The van der Waals surface area contributed by atoms with Gasteiger partial charge in [0.15, 0.2) is 0 Å². The van der Waals surface area contributed by atoms with Crippen LogP contribution >= 0.6 is 11.6 Å². The third-order valence-corrected chi connectivity index (χ3v) is 2.12. The Kier molecular flexibility index (Phi) is 6.58. The Balaban J connectivity index is 3.91. The van der Waals surface area contributed by atoms with Crippen LogP contribution in [0.5, 0.6) is 0 Å². The first-order valence-corrected chi connectivity index (χ1v) is 5.18. The van der Waals surface area contributed by atoms with E-state index in [1.807, 2.05) is 14.1 Å². The lowest BCUT2D eigenvalue weighted by molar-refractivity contribution is -0.126. The fourth-order valence-electron chi connectivity index (χ4n) is 1.06. The van der Waals surface area contributed by atoms with Crippen molar-refractivity contribution in [3.63, 3.8) is 0 Å². The summed E-state index contributed by atoms with van der Waals surface area (Å²) >= 11 is 5.67. The first kappa shape index (κ1) is 13.5. The third-order valence-electron chi connectivity index (χ3n) is 1.83. The Bertz CT molecular complexity index is 204. The summed E-state index contributed by atoms with van der Waals surface area (Å²) in [6.07, 6.45) is 0.929. The summed E-state index contributed by atoms with van der Waals surface area (Å²) in [5, 5.41) is 0. The number of amides is 1. The predicted molar refractivity (Wildman–Crippen MR) is 60.4 cm³/mol. The Hall–Kier alpha value is -0.540. The Labute approximate surface area is 91.3 Å². The molecule has 0 aromatic carbocycles. The molecule has 0 spiro atoms. The van der Waals surface area contributed by atoms with Crippen LogP contribution in [0, 0.1) is 0 Å². The van der Waals surface area contributed by atoms with Crippen LogP contribution in [0.3, 0.4) is 0 Å². The molecule has 82 valence electrons. The maximum Gasteiger partial charge on any atom is 0.249 e. The Morgan fingerprint density at radius 3 is 2.29 bits per heavy atom. The maximum absolute atomic E-state index is 11.5. The minimum absolute atomic E-state index is 0.0567. The molecule has 0 saturated heterocycles. The summed E-state index contributed by atoms with van der Waals surface area (Å²) in [6, 6.07) is 0.235. The highest BCUT2D eigenvalue weighted by Gasteiger charge is 2.11. The van der Waals surface area contributed by atoms with Crippen LogP contribution in [-0.2, 0) is 4.79 Å². The topological polar surface area (TPSA) is 23.6 Å². The second kappa shape index (κ2) is 6.85. The van der Waals surface area contributed by atoms with Gasteiger partial charge in [0.25, 0.3) is 0 Å². The average molecular weight is 219 g/mol. The zero-order valence-electron chi connectivity index (χ0n) is 9.22. The molecule has 4 heteroatoms. The van der Waals surface area contributed by atoms with Crippen molar-refractivity contribution in [3.05, 3.63) is 12.2 Å². The van der Waals surface area contributed by atoms with Gasteiger partial charge in [-0.3, -0.25) is 4.79 Å². The predicted octanol–water partition coefficient (Wildman–Crippen LogP) is 1.54. The van der Waals surface area contributed by atoms with Gasteiger partial charge in [-0.15, -0.1) is 11.6 Å². The number of hydrogen-bond acceptors (Lipinski definition) is 2. The van der Waals surface area contributed by atoms with E-state index in [-0.39, 0.29) is 11.9 Å². The van der Waals surface area contributed by atoms with Crippen molar-refractivity contribution in [3.8, 4) is 0 Å². The van der Waals surface area contributed by atoms with Crippen molar-refractivity contribution in [1.82, 2.24) is 9.80 Å². The summed E-state index contributed by atoms with van der Waals surface area (Å²) in [6.45, 7) is 6.95. The van der Waals surface area contributed by atoms with Gasteiger partial charge in [0.05, 0.1) is 6.00 Å². The molecule has 14 heavy (non-hydrogen) atoms. The summed E-state index contributed by atoms with van der Waals surface area (Å²) in [4.78, 5) is 15.2. The van der Waals surface area contributed by atoms with Gasteiger partial charge in [0.1, 0.15) is 0 Å². The van der Waals surface area contributed by atoms with Gasteiger partial charge in [-0.2, -0.15) is 0 Å². The van der Waals surface area contributed by atoms with Crippen LogP contribution in [0.2, 0.25) is 0 Å². The van der Waals surface area contributed by atoms with Gasteiger partial charge in [-0.1, -0.05) is 6.58 Å². The number of carbonyl (C=O) groups excluding carboxylic acids is 1. The van der Waals surface area contributed by atoms with Crippen LogP contribution in [-0.4, -0.2) is 48.9 Å². The molecular formula is C10H19ClN2O. The molecule has 3 nitrogen and oxygen atoms in total. The minimum Gasteiger partial charge on any atom is -0.325 e. The Morgan fingerprint density at radius 2 is 1.93 bits per heavy atom. The summed E-state index contributed by atoms with van der Waals surface area (Å²) in [5.74, 6) is -0.0567. The van der Waals surface area contributed by atoms with E-state index in [9.17, 15) is 4.79 Å². The molecule has 0 aliphatic rings. The van der Waals surface area contributed by atoms with E-state index < -0.39 is 0 Å². The highest BCUT2D eigenvalue weighted by molar-refractivity contribution is 6.18. The van der Waals surface area contributed by atoms with Gasteiger partial charge >= 0.3 is 0 Å². The molecular weight excluding hydrogens is 200 g/mol. The molecule has 0 aliphatic heterocycles. The first-order chi connectivity index (χ1) is 6.49. The van der Waals surface area contributed by atoms with Crippen molar-refractivity contribution in [2.75, 3.05) is 33.2 Å². The number of rotatable bonds is 6. The van der Waals surface area contributed by atoms with E-state index in [1.165, 1.54) is 0 Å². The molecule has 1 amide bonds. The summed E-state index contributed by atoms with van der Waals surface area (Å²) in [5.41, 5.74) is 0.538. The van der Waals surface area contributed by atoms with Crippen molar-refractivity contribution >= 4 is 17.5 Å². The minimum atomic E-state index is -0.0567. The van der Waals surface area contributed by atoms with Gasteiger partial charge < -0.3 is 9.80 Å². The highest BCUT2D eigenvalue weighted by Crippen LogP contribution is 2.02. The normalized spacial score (nSPS) is 10.4. The zero-order valence-corrected chi connectivity index (χ0v) is 9.97. The molecule has 0 N–H and O–H groups in total. The standard InChI is InChI=1S/C10H19ClN2O/c1-9(2)10(14)13(8-11)7-5-6-12(3)4/h1,5-8H2,2-4H3. The van der Waals surface area contributed by atoms with Crippen LogP contribution < -0.4 is 0 Å². The number of alkyl halides is 1. The van der Waals surface area contributed by atoms with E-state index in [2.05, 4.69) is 11.5 Å². The molecule has 0 radical (unpaired) electrons. The third kappa shape index (κ3) is 5.25. The number of halogens is 1. The molecule has 0 aromatic rings. The fraction of sp³-hybridized carbons (Fsp3) is 0.700. The van der Waals surface area contributed by atoms with Gasteiger partial charge in [-0.05, 0) is 34.0 Å². The van der Waals surface area contributed by atoms with Crippen LogP contribution in [0.1, 0.15) is 13.3 Å². The molecule has 0 bridgehead atoms. The van der Waals surface area contributed by atoms with Crippen LogP contribution in [0.15, 0.2) is 12.2 Å². The van der Waals surface area contributed by atoms with E-state index >= 15 is 0 Å². The fourth-order valence-corrected chi connectivity index (χ4v) is 1.29. The van der Waals surface area contributed by atoms with Gasteiger partial charge in [-0.25, -0.2) is 0 Å². The van der Waals surface area contributed by atoms with Crippen molar-refractivity contribution in [2.24, 2.45) is 0 Å². The molecule has 0 rings (SSSR count). The first-order valence-electron chi connectivity index (χ1n) is 4.64. The number of hydrogen-bond donors (Lipinski definition) is 0. The van der Waals surface area contributed by atoms with E-state index in [1.54, 1.807) is 11.8 Å². The van der Waals surface area contributed by atoms with Crippen LogP contribution in [0.25, 0.3) is 0 Å². The quantitative estimate of drug-likeness (QED) is 0.384. The second-order valence-corrected chi connectivity index (χ2v) is 3.86. The lowest BCUT2D eigenvalue weighted by Crippen LogP contribution is -2.32. The summed E-state index contributed by atoms with van der Waals surface area (Å²) in [7, 11) is 4.01. The van der Waals surface area contributed by atoms with Crippen LogP contribution in [0.4, 0.5) is 0 Å². The number of nitrogens with zero attached hydrogens (tertiary/aromatic N) is 2. The summed E-state index contributed by atoms with van der Waals surface area (Å²) < 4.78 is 0. The van der Waals surface area contributed by atoms with Crippen molar-refractivity contribution < 1.29 is 4.79 Å². The average Bonchev–Trinajstić information content (AvgIpc) is 2.10. The molecule has 0 aromatic heterocycles. The van der Waals surface area contributed by atoms with E-state index in [4.69, 9.17) is 11.6 Å². The van der Waals surface area contributed by atoms with Crippen molar-refractivity contribution in [2.45, 2.75) is 13.3 Å². The monoisotopic (exact) mass is 218 g/mol. The molecule has 0 saturated carbocycles. The van der Waals surface area contributed by atoms with Gasteiger partial charge in [0, 0.05) is 12.1 Å². The molecule has 0 atom stereocenters. The lowest BCUT2D eigenvalue weighted by Gasteiger charge is -2.20. The Morgan fingerprint density at radius 1 is 1.36 bits per heavy atom. The lowest BCUT2D eigenvalue weighted by atomic mass is 10.3. The van der Waals surface area contributed by atoms with Gasteiger partial charge in [0.2, 0.25) is 5.91 Å². The zero-order chi connectivity index (χ0) is 11.1. The molecule has 0 aliphatic carbocycles. The van der Waals surface area contributed by atoms with Crippen molar-refractivity contribution in [1.29, 1.82) is 0 Å². The second-order valence-electron chi connectivity index (χ2n) is 3.63. The SMILES string of the molecule is C=C(C)C(=O)N(CCl)CCCN(C)C. The molecule has 0 heterocycles. The number of carbonyl (C=O) groups is 1. The molecule has 0 fully saturated rings.